The van der Waals surface area contributed by atoms with Gasteiger partial charge in [0.25, 0.3) is 5.91 Å². The Balaban J connectivity index is 1.57. The molecule has 0 aromatic heterocycles. The van der Waals surface area contributed by atoms with E-state index in [1.165, 1.54) is 4.90 Å². The maximum Gasteiger partial charge on any atom is 0.265 e. The van der Waals surface area contributed by atoms with E-state index < -0.39 is 6.10 Å². The maximum absolute atomic E-state index is 12.4. The first-order chi connectivity index (χ1) is 13.3. The van der Waals surface area contributed by atoms with Crippen molar-refractivity contribution in [3.63, 3.8) is 0 Å². The molecule has 0 unspecified atom stereocenters. The molecule has 1 atom stereocenters. The van der Waals surface area contributed by atoms with Gasteiger partial charge in [-0.1, -0.05) is 23.7 Å². The number of nitrogens with zero attached hydrogens (tertiary/aromatic N) is 1. The van der Waals surface area contributed by atoms with Gasteiger partial charge >= 0.3 is 0 Å². The summed E-state index contributed by atoms with van der Waals surface area (Å²) in [4.78, 5) is 37.0. The van der Waals surface area contributed by atoms with Crippen molar-refractivity contribution in [3.8, 4) is 5.75 Å². The smallest absolute Gasteiger partial charge is 0.265 e. The Morgan fingerprint density at radius 1 is 1.18 bits per heavy atom. The van der Waals surface area contributed by atoms with E-state index in [0.29, 0.717) is 20.9 Å². The second kappa shape index (κ2) is 8.75. The number of nitrogens with one attached hydrogen (secondary N) is 1. The van der Waals surface area contributed by atoms with E-state index in [9.17, 15) is 14.4 Å². The van der Waals surface area contributed by atoms with Crippen LogP contribution < -0.4 is 10.1 Å². The molecule has 0 saturated carbocycles. The molecule has 28 heavy (non-hydrogen) atoms. The zero-order chi connectivity index (χ0) is 20.3. The van der Waals surface area contributed by atoms with Gasteiger partial charge in [-0.25, -0.2) is 0 Å². The second-order valence-electron chi connectivity index (χ2n) is 6.39. The van der Waals surface area contributed by atoms with Crippen LogP contribution >= 0.6 is 27.5 Å². The lowest BCUT2D eigenvalue weighted by atomic mass is 10.2. The Morgan fingerprint density at radius 3 is 2.43 bits per heavy atom. The molecule has 1 aliphatic rings. The summed E-state index contributed by atoms with van der Waals surface area (Å²) in [6.07, 6.45) is -0.180. The monoisotopic (exact) mass is 464 g/mol. The van der Waals surface area contributed by atoms with Gasteiger partial charge in [0.1, 0.15) is 5.75 Å². The summed E-state index contributed by atoms with van der Waals surface area (Å²) in [7, 11) is 0. The van der Waals surface area contributed by atoms with Gasteiger partial charge in [0.2, 0.25) is 11.8 Å². The van der Waals surface area contributed by atoms with Crippen molar-refractivity contribution < 1.29 is 19.1 Å². The zero-order valence-electron chi connectivity index (χ0n) is 15.1. The summed E-state index contributed by atoms with van der Waals surface area (Å²) in [6.45, 7) is 1.89. The largest absolute Gasteiger partial charge is 0.480 e. The third-order valence-corrected chi connectivity index (χ3v) is 5.14. The fourth-order valence-corrected chi connectivity index (χ4v) is 3.51. The summed E-state index contributed by atoms with van der Waals surface area (Å²) in [5.41, 5.74) is 1.41. The number of rotatable bonds is 6. The Labute approximate surface area is 175 Å². The number of hydrogen-bond acceptors (Lipinski definition) is 4. The van der Waals surface area contributed by atoms with Gasteiger partial charge in [-0.3, -0.25) is 19.3 Å². The maximum atomic E-state index is 12.4. The van der Waals surface area contributed by atoms with E-state index in [4.69, 9.17) is 16.3 Å². The lowest BCUT2D eigenvalue weighted by Gasteiger charge is -2.17. The molecule has 2 aromatic carbocycles. The Kier molecular flexibility index (Phi) is 6.36. The van der Waals surface area contributed by atoms with E-state index in [1.54, 1.807) is 49.4 Å². The summed E-state index contributed by atoms with van der Waals surface area (Å²) in [5.74, 6) is -0.0923. The summed E-state index contributed by atoms with van der Waals surface area (Å²) in [6, 6.07) is 12.1. The zero-order valence-corrected chi connectivity index (χ0v) is 17.4. The molecule has 146 valence electrons. The fraction of sp³-hybridized carbons (Fsp3) is 0.250. The van der Waals surface area contributed by atoms with Crippen LogP contribution in [0.15, 0.2) is 46.9 Å². The lowest BCUT2D eigenvalue weighted by molar-refractivity contribution is -0.139. The average molecular weight is 466 g/mol. The number of benzene rings is 2. The molecule has 1 heterocycles. The topological polar surface area (TPSA) is 75.7 Å². The Morgan fingerprint density at radius 2 is 1.82 bits per heavy atom. The van der Waals surface area contributed by atoms with Gasteiger partial charge in [-0.15, -0.1) is 0 Å². The predicted molar refractivity (Wildman–Crippen MR) is 109 cm³/mol. The van der Waals surface area contributed by atoms with Crippen molar-refractivity contribution >= 4 is 50.9 Å². The number of imide groups is 1. The summed E-state index contributed by atoms with van der Waals surface area (Å²) < 4.78 is 6.33. The van der Waals surface area contributed by atoms with Gasteiger partial charge in [0.15, 0.2) is 6.10 Å². The fourth-order valence-electron chi connectivity index (χ4n) is 2.73. The molecule has 0 radical (unpaired) electrons. The van der Waals surface area contributed by atoms with E-state index >= 15 is 0 Å². The normalized spacial score (nSPS) is 14.9. The molecule has 1 fully saturated rings. The predicted octanol–water partition coefficient (Wildman–Crippen LogP) is 4.16. The van der Waals surface area contributed by atoms with Crippen molar-refractivity contribution in [2.75, 3.05) is 5.32 Å². The first-order valence-electron chi connectivity index (χ1n) is 8.68. The van der Waals surface area contributed by atoms with E-state index in [1.807, 2.05) is 0 Å². The lowest BCUT2D eigenvalue weighted by Crippen LogP contribution is -2.30. The number of carbonyl (C=O) groups excluding carboxylic acids is 3. The number of ether oxygens (including phenoxy) is 1. The van der Waals surface area contributed by atoms with E-state index in [-0.39, 0.29) is 37.1 Å². The third-order valence-electron chi connectivity index (χ3n) is 4.28. The summed E-state index contributed by atoms with van der Waals surface area (Å²) in [5, 5.41) is 3.34. The molecule has 8 heteroatoms. The van der Waals surface area contributed by atoms with Crippen LogP contribution in [0.1, 0.15) is 25.3 Å². The van der Waals surface area contributed by atoms with Crippen molar-refractivity contribution in [2.24, 2.45) is 0 Å². The number of amides is 3. The third kappa shape index (κ3) is 4.91. The molecule has 0 aliphatic carbocycles. The van der Waals surface area contributed by atoms with Crippen molar-refractivity contribution in [3.05, 3.63) is 57.5 Å². The van der Waals surface area contributed by atoms with Crippen molar-refractivity contribution in [1.29, 1.82) is 0 Å². The molecule has 2 aromatic rings. The van der Waals surface area contributed by atoms with Gasteiger partial charge in [0, 0.05) is 23.6 Å². The number of hydrogen-bond donors (Lipinski definition) is 1. The molecule has 3 amide bonds. The highest BCUT2D eigenvalue weighted by Gasteiger charge is 2.28. The molecule has 1 aliphatic heterocycles. The molecule has 6 nitrogen and oxygen atoms in total. The Hall–Kier alpha value is -2.38. The van der Waals surface area contributed by atoms with Crippen LogP contribution in [0.25, 0.3) is 0 Å². The first kappa shape index (κ1) is 20.4. The van der Waals surface area contributed by atoms with Crippen molar-refractivity contribution in [2.45, 2.75) is 32.4 Å². The molecule has 1 saturated heterocycles. The molecule has 0 spiro atoms. The number of likely N-dealkylation sites (tertiary alicyclic amines) is 1. The van der Waals surface area contributed by atoms with Gasteiger partial charge in [0.05, 0.1) is 11.0 Å². The standard InChI is InChI=1S/C20H18BrClN2O4/c1-12(28-17-7-4-14(22)10-16(17)21)20(27)23-15-5-2-13(3-6-15)11-24-18(25)8-9-19(24)26/h2-7,10,12H,8-9,11H2,1H3,(H,23,27)/t12-/m0/s1. The minimum Gasteiger partial charge on any atom is -0.480 e. The Bertz CT molecular complexity index is 901. The van der Waals surface area contributed by atoms with Crippen LogP contribution in [-0.2, 0) is 20.9 Å². The van der Waals surface area contributed by atoms with E-state index in [2.05, 4.69) is 21.2 Å². The average Bonchev–Trinajstić information content (AvgIpc) is 2.97. The van der Waals surface area contributed by atoms with E-state index in [0.717, 1.165) is 5.56 Å². The van der Waals surface area contributed by atoms with Gasteiger partial charge in [-0.05, 0) is 58.7 Å². The number of anilines is 1. The van der Waals surface area contributed by atoms with Crippen molar-refractivity contribution in [1.82, 2.24) is 4.90 Å². The molecular formula is C20H18BrClN2O4. The number of carbonyl (C=O) groups is 3. The molecule has 3 rings (SSSR count). The quantitative estimate of drug-likeness (QED) is 0.650. The van der Waals surface area contributed by atoms with Crippen LogP contribution in [0, 0.1) is 0 Å². The minimum absolute atomic E-state index is 0.151. The van der Waals surface area contributed by atoms with Crippen LogP contribution in [0.2, 0.25) is 5.02 Å². The second-order valence-corrected chi connectivity index (χ2v) is 7.69. The van der Waals surface area contributed by atoms with Gasteiger partial charge in [-0.2, -0.15) is 0 Å². The minimum atomic E-state index is -0.725. The van der Waals surface area contributed by atoms with Crippen LogP contribution in [-0.4, -0.2) is 28.7 Å². The van der Waals surface area contributed by atoms with Gasteiger partial charge < -0.3 is 10.1 Å². The highest BCUT2D eigenvalue weighted by molar-refractivity contribution is 9.10. The highest BCUT2D eigenvalue weighted by Crippen LogP contribution is 2.29. The first-order valence-corrected chi connectivity index (χ1v) is 9.85. The number of halogens is 2. The SMILES string of the molecule is C[C@H](Oc1ccc(Cl)cc1Br)C(=O)Nc1ccc(CN2C(=O)CCC2=O)cc1. The molecule has 0 bridgehead atoms. The molecule has 1 N–H and O–H groups in total. The summed E-state index contributed by atoms with van der Waals surface area (Å²) >= 11 is 9.25. The van der Waals surface area contributed by atoms with Crippen LogP contribution in [0.5, 0.6) is 5.75 Å². The van der Waals surface area contributed by atoms with Crippen LogP contribution in [0.3, 0.4) is 0 Å². The van der Waals surface area contributed by atoms with Crippen LogP contribution in [0.4, 0.5) is 5.69 Å². The highest BCUT2D eigenvalue weighted by atomic mass is 79.9. The molecular weight excluding hydrogens is 448 g/mol.